The van der Waals surface area contributed by atoms with Crippen molar-refractivity contribution in [2.75, 3.05) is 5.73 Å². The maximum atomic E-state index is 13.2. The van der Waals surface area contributed by atoms with Gasteiger partial charge in [0.25, 0.3) is 0 Å². The van der Waals surface area contributed by atoms with Crippen LogP contribution in [-0.4, -0.2) is 57.7 Å². The molecule has 35 heavy (non-hydrogen) atoms. The maximum absolute atomic E-state index is 13.2. The third-order valence-corrected chi connectivity index (χ3v) is 6.37. The van der Waals surface area contributed by atoms with E-state index in [-0.39, 0.29) is 34.2 Å². The summed E-state index contributed by atoms with van der Waals surface area (Å²) in [4.78, 5) is 24.4. The van der Waals surface area contributed by atoms with Gasteiger partial charge in [0.2, 0.25) is 5.28 Å². The number of benzene rings is 1. The Balaban J connectivity index is 1.79. The summed E-state index contributed by atoms with van der Waals surface area (Å²) in [6.45, 7) is 1.61. The minimum absolute atomic E-state index is 0.0354. The van der Waals surface area contributed by atoms with Crippen molar-refractivity contribution in [1.82, 2.24) is 19.5 Å². The molecule has 3 heterocycles. The van der Waals surface area contributed by atoms with Crippen LogP contribution in [0.2, 0.25) is 5.28 Å². The third-order valence-electron chi connectivity index (χ3n) is 5.16. The predicted octanol–water partition coefficient (Wildman–Crippen LogP) is 2.83. The van der Waals surface area contributed by atoms with Crippen molar-refractivity contribution in [1.29, 1.82) is 0 Å². The normalized spacial score (nSPS) is 23.0. The average molecular weight is 536 g/mol. The van der Waals surface area contributed by atoms with Crippen molar-refractivity contribution in [2.45, 2.75) is 43.4 Å². The Morgan fingerprint density at radius 2 is 1.91 bits per heavy atom. The molecule has 1 aromatic carbocycles. The fraction of sp³-hybridized carbons (Fsp3) is 0.368. The molecule has 0 saturated carbocycles. The Morgan fingerprint density at radius 3 is 2.54 bits per heavy atom. The zero-order valence-electron chi connectivity index (χ0n) is 17.7. The first-order chi connectivity index (χ1) is 16.4. The van der Waals surface area contributed by atoms with E-state index >= 15 is 0 Å². The van der Waals surface area contributed by atoms with Crippen molar-refractivity contribution >= 4 is 44.7 Å². The van der Waals surface area contributed by atoms with Gasteiger partial charge < -0.3 is 15.2 Å². The van der Waals surface area contributed by atoms with Crippen LogP contribution in [0.4, 0.5) is 19.0 Å². The van der Waals surface area contributed by atoms with Crippen molar-refractivity contribution in [3.8, 4) is 0 Å². The van der Waals surface area contributed by atoms with Crippen molar-refractivity contribution in [3.05, 3.63) is 47.5 Å². The van der Waals surface area contributed by atoms with Crippen LogP contribution in [0.3, 0.4) is 0 Å². The second kappa shape index (κ2) is 9.22. The highest BCUT2D eigenvalue weighted by Gasteiger charge is 2.56. The number of imidazole rings is 1. The lowest BCUT2D eigenvalue weighted by Gasteiger charge is -2.24. The van der Waals surface area contributed by atoms with E-state index in [9.17, 15) is 26.4 Å². The number of hydrogen-bond donors (Lipinski definition) is 1. The van der Waals surface area contributed by atoms with Crippen LogP contribution in [-0.2, 0) is 23.8 Å². The van der Waals surface area contributed by atoms with Crippen LogP contribution in [0.5, 0.6) is 0 Å². The van der Waals surface area contributed by atoms with Gasteiger partial charge in [0, 0.05) is 0 Å². The highest BCUT2D eigenvalue weighted by molar-refractivity contribution is 7.87. The molecule has 1 saturated heterocycles. The van der Waals surface area contributed by atoms with E-state index < -0.39 is 46.1 Å². The van der Waals surface area contributed by atoms with Gasteiger partial charge in [-0.05, 0) is 30.2 Å². The number of hydrogen-bond acceptors (Lipinski definition) is 10. The van der Waals surface area contributed by atoms with Crippen LogP contribution in [0.1, 0.15) is 29.9 Å². The highest BCUT2D eigenvalue weighted by Crippen LogP contribution is 2.40. The van der Waals surface area contributed by atoms with Crippen LogP contribution in [0, 0.1) is 0 Å². The fourth-order valence-electron chi connectivity index (χ4n) is 3.57. The molecule has 0 radical (unpaired) electrons. The molecule has 0 amide bonds. The van der Waals surface area contributed by atoms with E-state index in [0.29, 0.717) is 0 Å². The molecule has 4 rings (SSSR count). The summed E-state index contributed by atoms with van der Waals surface area (Å²) >= 11 is 5.85. The van der Waals surface area contributed by atoms with E-state index in [0.717, 1.165) is 10.9 Å². The molecule has 1 aliphatic rings. The van der Waals surface area contributed by atoms with Gasteiger partial charge in [-0.3, -0.25) is 8.75 Å². The zero-order chi connectivity index (χ0) is 25.5. The van der Waals surface area contributed by atoms with Gasteiger partial charge in [-0.1, -0.05) is 25.1 Å². The number of carbonyl (C=O) groups excluding carboxylic acids is 1. The molecule has 0 bridgehead atoms. The Kier molecular flexibility index (Phi) is 6.61. The van der Waals surface area contributed by atoms with Crippen LogP contribution >= 0.6 is 11.6 Å². The monoisotopic (exact) mass is 535 g/mol. The number of nitrogens with zero attached hydrogens (tertiary/aromatic N) is 4. The molecule has 2 aromatic heterocycles. The summed E-state index contributed by atoms with van der Waals surface area (Å²) in [7, 11) is -6.13. The maximum Gasteiger partial charge on any atom is 0.523 e. The van der Waals surface area contributed by atoms with E-state index in [2.05, 4.69) is 19.1 Å². The molecule has 1 fully saturated rings. The number of aromatic nitrogens is 4. The molecular weight excluding hydrogens is 519 g/mol. The lowest BCUT2D eigenvalue weighted by atomic mass is 10.1. The van der Waals surface area contributed by atoms with Crippen molar-refractivity contribution in [2.24, 2.45) is 0 Å². The van der Waals surface area contributed by atoms with Crippen molar-refractivity contribution in [3.63, 3.8) is 0 Å². The Bertz CT molecular complexity index is 1350. The summed E-state index contributed by atoms with van der Waals surface area (Å²) in [5.41, 5.74) is 0.0911. The number of carbonyl (C=O) groups is 1. The molecule has 0 aliphatic carbocycles. The first-order valence-electron chi connectivity index (χ1n) is 9.99. The summed E-state index contributed by atoms with van der Waals surface area (Å²) < 4.78 is 80.5. The molecule has 2 N–H and O–H groups in total. The first-order valence-corrected chi connectivity index (χ1v) is 11.8. The smallest absolute Gasteiger partial charge is 0.453 e. The van der Waals surface area contributed by atoms with E-state index in [1.54, 1.807) is 25.1 Å². The molecule has 1 aliphatic heterocycles. The van der Waals surface area contributed by atoms with Gasteiger partial charge in [0.15, 0.2) is 29.9 Å². The zero-order valence-corrected chi connectivity index (χ0v) is 19.3. The minimum Gasteiger partial charge on any atom is -0.453 e. The highest BCUT2D eigenvalue weighted by atomic mass is 35.5. The second-order valence-electron chi connectivity index (χ2n) is 7.37. The molecule has 11 nitrogen and oxygen atoms in total. The summed E-state index contributed by atoms with van der Waals surface area (Å²) in [6, 6.07) is 7.59. The number of nitrogens with two attached hydrogens (primary N) is 1. The molecule has 0 spiro atoms. The van der Waals surface area contributed by atoms with Crippen LogP contribution in [0.25, 0.3) is 11.2 Å². The molecule has 3 aromatic rings. The molecule has 188 valence electrons. The second-order valence-corrected chi connectivity index (χ2v) is 9.27. The van der Waals surface area contributed by atoms with Gasteiger partial charge in [0.05, 0.1) is 18.0 Å². The molecular formula is C19H17ClF3N5O6S. The quantitative estimate of drug-likeness (QED) is 0.216. The predicted molar refractivity (Wildman–Crippen MR) is 114 cm³/mol. The summed E-state index contributed by atoms with van der Waals surface area (Å²) in [6.07, 6.45) is -4.91. The molecule has 4 atom stereocenters. The Labute approximate surface area is 201 Å². The lowest BCUT2D eigenvalue weighted by molar-refractivity contribution is -0.0694. The first kappa shape index (κ1) is 25.1. The number of ether oxygens (including phenoxy) is 2. The lowest BCUT2D eigenvalue weighted by Crippen LogP contribution is -2.42. The molecule has 16 heteroatoms. The Hall–Kier alpha value is -3.01. The summed E-state index contributed by atoms with van der Waals surface area (Å²) in [5, 5.41) is -0.297. The van der Waals surface area contributed by atoms with Crippen LogP contribution < -0.4 is 5.73 Å². The number of fused-ring (bicyclic) bond motifs is 1. The topological polar surface area (TPSA) is 149 Å². The van der Waals surface area contributed by atoms with Gasteiger partial charge in [-0.25, -0.2) is 9.78 Å². The van der Waals surface area contributed by atoms with Gasteiger partial charge in [-0.2, -0.15) is 31.6 Å². The van der Waals surface area contributed by atoms with Gasteiger partial charge in [0.1, 0.15) is 5.52 Å². The largest absolute Gasteiger partial charge is 0.523 e. The fourth-order valence-corrected chi connectivity index (χ4v) is 4.35. The van der Waals surface area contributed by atoms with Crippen molar-refractivity contribution < 1.29 is 40.0 Å². The van der Waals surface area contributed by atoms with E-state index in [4.69, 9.17) is 26.8 Å². The van der Waals surface area contributed by atoms with Gasteiger partial charge >= 0.3 is 21.6 Å². The van der Waals surface area contributed by atoms with E-state index in [1.165, 1.54) is 12.1 Å². The number of esters is 1. The standard InChI is InChI=1S/C19H17ClF3N5O6S/c1-2-10-12(33-17(29)9-6-4-3-5-7-9)13(34-35(30,31)19(21,22)23)16(32-10)28-8-25-11-14(24)26-18(20)27-15(11)28/h3-8,10,12-13,16H,2H2,1H3,(H2,24,26,27)/t10-,12+,13?,16-/m1/s1. The number of nitrogen functional groups attached to an aromatic ring is 1. The SMILES string of the molecule is CC[C@H]1O[C@@H](n2cnc3c(N)nc(Cl)nc32)C(OS(=O)(=O)C(F)(F)F)[C@H]1OC(=O)c1ccccc1. The third kappa shape index (κ3) is 4.76. The summed E-state index contributed by atoms with van der Waals surface area (Å²) in [5.74, 6) is -1.04. The van der Waals surface area contributed by atoms with Gasteiger partial charge in [-0.15, -0.1) is 0 Å². The average Bonchev–Trinajstić information content (AvgIpc) is 3.35. The van der Waals surface area contributed by atoms with E-state index in [1.807, 2.05) is 0 Å². The minimum atomic E-state index is -6.13. The number of halogens is 4. The number of rotatable bonds is 6. The van der Waals surface area contributed by atoms with Crippen LogP contribution in [0.15, 0.2) is 36.7 Å². The number of alkyl halides is 3. The Morgan fingerprint density at radius 1 is 1.23 bits per heavy atom. The molecule has 1 unspecified atom stereocenters. The number of anilines is 1.